The van der Waals surface area contributed by atoms with E-state index in [0.29, 0.717) is 24.2 Å². The molecule has 1 aromatic carbocycles. The predicted octanol–water partition coefficient (Wildman–Crippen LogP) is 3.76. The molecule has 1 amide bonds. The number of likely N-dealkylation sites (N-methyl/N-ethyl adjacent to an activating group) is 1. The molecule has 1 aliphatic heterocycles. The average molecular weight is 499 g/mol. The van der Waals surface area contributed by atoms with Crippen LogP contribution in [-0.4, -0.2) is 74.7 Å². The number of likely N-dealkylation sites (tertiary alicyclic amines) is 1. The van der Waals surface area contributed by atoms with Gasteiger partial charge in [-0.3, -0.25) is 9.69 Å². The first-order valence-corrected chi connectivity index (χ1v) is 11.4. The van der Waals surface area contributed by atoms with Crippen LogP contribution in [0.15, 0.2) is 36.7 Å². The minimum atomic E-state index is -2.43. The van der Waals surface area contributed by atoms with Gasteiger partial charge in [0.2, 0.25) is 5.88 Å². The van der Waals surface area contributed by atoms with E-state index in [9.17, 15) is 23.1 Å². The lowest BCUT2D eigenvalue weighted by molar-refractivity contribution is 0.0439. The number of nitriles is 1. The van der Waals surface area contributed by atoms with E-state index >= 15 is 0 Å². The smallest absolute Gasteiger partial charge is 0.255 e. The topological polar surface area (TPSA) is 98.3 Å². The van der Waals surface area contributed by atoms with Crippen molar-refractivity contribution in [2.45, 2.75) is 32.2 Å². The average Bonchev–Trinajstić information content (AvgIpc) is 3.25. The lowest BCUT2D eigenvalue weighted by Crippen LogP contribution is -2.49. The molecule has 2 aromatic heterocycles. The Hall–Kier alpha value is -3.91. The van der Waals surface area contributed by atoms with Crippen LogP contribution in [0.5, 0.6) is 5.88 Å². The summed E-state index contributed by atoms with van der Waals surface area (Å²) < 4.78 is 41.1. The van der Waals surface area contributed by atoms with Crippen LogP contribution >= 0.6 is 0 Å². The van der Waals surface area contributed by atoms with Crippen LogP contribution < -0.4 is 0 Å². The molecule has 1 fully saturated rings. The summed E-state index contributed by atoms with van der Waals surface area (Å²) in [6, 6.07) is 7.61. The van der Waals surface area contributed by atoms with Gasteiger partial charge in [0, 0.05) is 25.3 Å². The van der Waals surface area contributed by atoms with Gasteiger partial charge >= 0.3 is 0 Å². The number of carbonyl (C=O) groups excluding carboxylic acids is 1. The van der Waals surface area contributed by atoms with E-state index in [-0.39, 0.29) is 46.9 Å². The zero-order chi connectivity index (χ0) is 26.0. The lowest BCUT2D eigenvalue weighted by Gasteiger charge is -2.37. The summed E-state index contributed by atoms with van der Waals surface area (Å²) in [4.78, 5) is 20.5. The number of aromatic nitrogens is 3. The fourth-order valence-electron chi connectivity index (χ4n) is 4.45. The largest absolute Gasteiger partial charge is 0.493 e. The molecule has 0 unspecified atom stereocenters. The highest BCUT2D eigenvalue weighted by Crippen LogP contribution is 2.34. The molecule has 0 radical (unpaired) electrons. The van der Waals surface area contributed by atoms with Crippen LogP contribution in [0, 0.1) is 24.1 Å². The first kappa shape index (κ1) is 25.2. The number of alkyl halides is 2. The molecule has 3 heterocycles. The van der Waals surface area contributed by atoms with Crippen molar-refractivity contribution in [2.75, 3.05) is 26.7 Å². The van der Waals surface area contributed by atoms with Crippen molar-refractivity contribution in [1.82, 2.24) is 24.6 Å². The van der Waals surface area contributed by atoms with Crippen molar-refractivity contribution in [3.8, 4) is 28.9 Å². The van der Waals surface area contributed by atoms with E-state index in [1.807, 2.05) is 0 Å². The minimum absolute atomic E-state index is 0.0919. The number of carbonyl (C=O) groups is 1. The lowest BCUT2D eigenvalue weighted by atomic mass is 10.00. The van der Waals surface area contributed by atoms with E-state index in [1.54, 1.807) is 29.0 Å². The van der Waals surface area contributed by atoms with Gasteiger partial charge in [0.1, 0.15) is 11.9 Å². The van der Waals surface area contributed by atoms with Crippen molar-refractivity contribution >= 4 is 5.91 Å². The maximum absolute atomic E-state index is 14.4. The van der Waals surface area contributed by atoms with E-state index in [1.165, 1.54) is 37.5 Å². The molecule has 1 atom stereocenters. The molecule has 1 saturated heterocycles. The van der Waals surface area contributed by atoms with Crippen LogP contribution in [0.4, 0.5) is 13.2 Å². The molecule has 0 saturated carbocycles. The highest BCUT2D eigenvalue weighted by Gasteiger charge is 2.28. The second kappa shape index (κ2) is 10.4. The van der Waals surface area contributed by atoms with Crippen LogP contribution in [0.1, 0.15) is 34.3 Å². The maximum Gasteiger partial charge on any atom is 0.255 e. The second-order valence-corrected chi connectivity index (χ2v) is 8.79. The molecule has 4 rings (SSSR count). The Morgan fingerprint density at radius 1 is 1.28 bits per heavy atom. The summed E-state index contributed by atoms with van der Waals surface area (Å²) in [5.41, 5.74) is 1.10. The Labute approximate surface area is 206 Å². The van der Waals surface area contributed by atoms with Gasteiger partial charge in [0.15, 0.2) is 5.82 Å². The van der Waals surface area contributed by atoms with Crippen molar-refractivity contribution in [3.63, 3.8) is 0 Å². The van der Waals surface area contributed by atoms with E-state index in [4.69, 9.17) is 5.26 Å². The van der Waals surface area contributed by atoms with E-state index in [2.05, 4.69) is 10.1 Å². The molecule has 8 nitrogen and oxygen atoms in total. The summed E-state index contributed by atoms with van der Waals surface area (Å²) in [5.74, 6) is -0.938. The Bertz CT molecular complexity index is 1300. The monoisotopic (exact) mass is 498 g/mol. The third-order valence-corrected chi connectivity index (χ3v) is 6.49. The zero-order valence-corrected chi connectivity index (χ0v) is 19.8. The minimum Gasteiger partial charge on any atom is -0.493 e. The van der Waals surface area contributed by atoms with Gasteiger partial charge in [0.25, 0.3) is 12.3 Å². The van der Waals surface area contributed by atoms with Crippen molar-refractivity contribution in [1.29, 1.82) is 5.26 Å². The SMILES string of the molecule is Cc1c(-c2cnn(-c3ccc(C(=O)N4CCC[C@@H](N(C)CC(F)F)C4)cn3)c2O)ccc(C#N)c1F. The molecule has 188 valence electrons. The highest BCUT2D eigenvalue weighted by molar-refractivity contribution is 5.94. The standard InChI is InChI=1S/C25H25F3N6O2/c1-15-19(7-5-16(10-29)23(15)28)20-12-31-34(25(20)36)22-8-6-17(11-30-22)24(35)33-9-3-4-18(13-33)32(2)14-21(26)27/h5-8,11-12,18,21,36H,3-4,9,13-14H2,1-2H3/t18-/m1/s1. The molecule has 0 aliphatic carbocycles. The number of nitrogens with zero attached hydrogens (tertiary/aromatic N) is 6. The number of hydrogen-bond donors (Lipinski definition) is 1. The van der Waals surface area contributed by atoms with Crippen molar-refractivity contribution < 1.29 is 23.1 Å². The number of rotatable bonds is 6. The van der Waals surface area contributed by atoms with Gasteiger partial charge in [0.05, 0.1) is 29.4 Å². The highest BCUT2D eigenvalue weighted by atomic mass is 19.3. The molecule has 1 aliphatic rings. The van der Waals surface area contributed by atoms with Crippen molar-refractivity contribution in [3.05, 3.63) is 59.2 Å². The number of piperidine rings is 1. The van der Waals surface area contributed by atoms with Gasteiger partial charge in [-0.2, -0.15) is 15.0 Å². The van der Waals surface area contributed by atoms with Crippen LogP contribution in [0.25, 0.3) is 16.9 Å². The van der Waals surface area contributed by atoms with Crippen molar-refractivity contribution in [2.24, 2.45) is 0 Å². The second-order valence-electron chi connectivity index (χ2n) is 8.79. The van der Waals surface area contributed by atoms with Crippen LogP contribution in [-0.2, 0) is 0 Å². The number of pyridine rings is 1. The number of aromatic hydroxyl groups is 1. The number of hydrogen-bond acceptors (Lipinski definition) is 6. The van der Waals surface area contributed by atoms with Gasteiger partial charge in [-0.15, -0.1) is 0 Å². The predicted molar refractivity (Wildman–Crippen MR) is 125 cm³/mol. The summed E-state index contributed by atoms with van der Waals surface area (Å²) in [6.07, 6.45) is 1.77. The maximum atomic E-state index is 14.4. The Kier molecular flexibility index (Phi) is 7.26. The van der Waals surface area contributed by atoms with Gasteiger partial charge in [-0.1, -0.05) is 6.07 Å². The number of amides is 1. The fraction of sp³-hybridized carbons (Fsp3) is 0.360. The Balaban J connectivity index is 1.52. The fourth-order valence-corrected chi connectivity index (χ4v) is 4.45. The number of benzene rings is 1. The molecule has 0 bridgehead atoms. The first-order valence-electron chi connectivity index (χ1n) is 11.4. The zero-order valence-electron chi connectivity index (χ0n) is 19.8. The molecule has 1 N–H and O–H groups in total. The quantitative estimate of drug-likeness (QED) is 0.556. The third-order valence-electron chi connectivity index (χ3n) is 6.49. The van der Waals surface area contributed by atoms with Crippen LogP contribution in [0.3, 0.4) is 0 Å². The molecule has 0 spiro atoms. The van der Waals surface area contributed by atoms with Gasteiger partial charge < -0.3 is 10.0 Å². The van der Waals surface area contributed by atoms with Crippen LogP contribution in [0.2, 0.25) is 0 Å². The van der Waals surface area contributed by atoms with E-state index < -0.39 is 12.2 Å². The Morgan fingerprint density at radius 2 is 2.06 bits per heavy atom. The molecule has 11 heteroatoms. The summed E-state index contributed by atoms with van der Waals surface area (Å²) >= 11 is 0. The molecular weight excluding hydrogens is 473 g/mol. The third kappa shape index (κ3) is 4.90. The Morgan fingerprint density at radius 3 is 2.72 bits per heavy atom. The summed E-state index contributed by atoms with van der Waals surface area (Å²) in [5, 5.41) is 23.9. The van der Waals surface area contributed by atoms with Gasteiger partial charge in [-0.05, 0) is 56.1 Å². The molecular formula is C25H25F3N6O2. The normalized spacial score (nSPS) is 15.9. The van der Waals surface area contributed by atoms with E-state index in [0.717, 1.165) is 17.5 Å². The summed E-state index contributed by atoms with van der Waals surface area (Å²) in [6.45, 7) is 2.06. The first-order chi connectivity index (χ1) is 17.2. The molecule has 3 aromatic rings. The van der Waals surface area contributed by atoms with Gasteiger partial charge in [-0.25, -0.2) is 18.2 Å². The molecule has 36 heavy (non-hydrogen) atoms. The summed E-state index contributed by atoms with van der Waals surface area (Å²) in [7, 11) is 1.64. The number of halogens is 3.